The quantitative estimate of drug-likeness (QED) is 0.257. The summed E-state index contributed by atoms with van der Waals surface area (Å²) in [5.74, 6) is -0.372. The van der Waals surface area contributed by atoms with Crippen LogP contribution in [0.25, 0.3) is 12.2 Å². The van der Waals surface area contributed by atoms with Gasteiger partial charge in [0.2, 0.25) is 0 Å². The third-order valence-electron chi connectivity index (χ3n) is 4.53. The van der Waals surface area contributed by atoms with E-state index in [-0.39, 0.29) is 11.6 Å². The van der Waals surface area contributed by atoms with Gasteiger partial charge in [-0.2, -0.15) is 0 Å². The molecule has 0 unspecified atom stereocenters. The number of rotatable bonds is 6. The Hall–Kier alpha value is -2.63. The van der Waals surface area contributed by atoms with Gasteiger partial charge in [0, 0.05) is 31.5 Å². The monoisotopic (exact) mass is 523 g/mol. The van der Waals surface area contributed by atoms with Crippen LogP contribution in [-0.4, -0.2) is 16.6 Å². The van der Waals surface area contributed by atoms with Crippen LogP contribution in [0.2, 0.25) is 0 Å². The van der Waals surface area contributed by atoms with E-state index < -0.39 is 0 Å². The molecule has 30 heavy (non-hydrogen) atoms. The maximum absolute atomic E-state index is 12.7. The molecule has 0 saturated heterocycles. The first-order valence-electron chi connectivity index (χ1n) is 9.27. The number of nitrogens with zero attached hydrogens (tertiary/aromatic N) is 1. The fourth-order valence-corrected chi connectivity index (χ4v) is 3.42. The maximum atomic E-state index is 12.7. The number of carbonyl (C=O) groups excluding carboxylic acids is 2. The number of halogens is 2. The summed E-state index contributed by atoms with van der Waals surface area (Å²) in [5, 5.41) is 0. The van der Waals surface area contributed by atoms with E-state index in [0.717, 1.165) is 20.1 Å². The van der Waals surface area contributed by atoms with E-state index in [2.05, 4.69) is 36.8 Å². The Bertz CT molecular complexity index is 1060. The minimum Gasteiger partial charge on any atom is -0.289 e. The molecule has 0 radical (unpaired) electrons. The number of hydrogen-bond acceptors (Lipinski definition) is 3. The summed E-state index contributed by atoms with van der Waals surface area (Å²) >= 11 is 6.78. The minimum absolute atomic E-state index is 0.186. The average Bonchev–Trinajstić information content (AvgIpc) is 2.72. The van der Waals surface area contributed by atoms with Crippen molar-refractivity contribution in [3.63, 3.8) is 0 Å². The molecule has 0 atom stereocenters. The van der Waals surface area contributed by atoms with Gasteiger partial charge in [-0.25, -0.2) is 0 Å². The highest BCUT2D eigenvalue weighted by Crippen LogP contribution is 2.18. The second kappa shape index (κ2) is 9.92. The van der Waals surface area contributed by atoms with Crippen molar-refractivity contribution in [3.8, 4) is 0 Å². The fourth-order valence-electron chi connectivity index (χ4n) is 2.90. The molecule has 0 amide bonds. The van der Waals surface area contributed by atoms with Crippen LogP contribution in [0.5, 0.6) is 0 Å². The van der Waals surface area contributed by atoms with Crippen molar-refractivity contribution in [1.29, 1.82) is 0 Å². The molecule has 0 aliphatic rings. The van der Waals surface area contributed by atoms with Gasteiger partial charge in [-0.3, -0.25) is 14.6 Å². The van der Waals surface area contributed by atoms with E-state index in [4.69, 9.17) is 0 Å². The molecular formula is C25H19Br2NO2. The SMILES string of the molecule is Cc1nc(C)c(C(=O)/C=C/c2ccc(Br)cc2)cc1C(=O)/C=C/c1ccc(Br)cc1. The molecule has 0 saturated carbocycles. The number of aromatic nitrogens is 1. The van der Waals surface area contributed by atoms with Gasteiger partial charge >= 0.3 is 0 Å². The molecular weight excluding hydrogens is 506 g/mol. The van der Waals surface area contributed by atoms with Gasteiger partial charge in [-0.05, 0) is 67.5 Å². The first kappa shape index (κ1) is 22.1. The second-order valence-corrected chi connectivity index (χ2v) is 8.58. The van der Waals surface area contributed by atoms with E-state index in [1.54, 1.807) is 32.1 Å². The van der Waals surface area contributed by atoms with Gasteiger partial charge in [0.15, 0.2) is 11.6 Å². The van der Waals surface area contributed by atoms with E-state index in [9.17, 15) is 9.59 Å². The lowest BCUT2D eigenvalue weighted by Crippen LogP contribution is -2.08. The molecule has 0 spiro atoms. The lowest BCUT2D eigenvalue weighted by atomic mass is 10.0. The molecule has 150 valence electrons. The molecule has 3 aromatic rings. The van der Waals surface area contributed by atoms with Crippen molar-refractivity contribution in [2.24, 2.45) is 0 Å². The summed E-state index contributed by atoms with van der Waals surface area (Å²) in [7, 11) is 0. The average molecular weight is 525 g/mol. The molecule has 2 aromatic carbocycles. The third-order valence-corrected chi connectivity index (χ3v) is 5.59. The van der Waals surface area contributed by atoms with Crippen LogP contribution in [0.3, 0.4) is 0 Å². The van der Waals surface area contributed by atoms with E-state index in [0.29, 0.717) is 22.5 Å². The lowest BCUT2D eigenvalue weighted by Gasteiger charge is -2.07. The topological polar surface area (TPSA) is 47.0 Å². The van der Waals surface area contributed by atoms with Gasteiger partial charge in [0.25, 0.3) is 0 Å². The van der Waals surface area contributed by atoms with Crippen LogP contribution in [0.4, 0.5) is 0 Å². The third kappa shape index (κ3) is 5.71. The zero-order chi connectivity index (χ0) is 21.7. The molecule has 3 nitrogen and oxygen atoms in total. The summed E-state index contributed by atoms with van der Waals surface area (Å²) in [4.78, 5) is 29.9. The minimum atomic E-state index is -0.186. The van der Waals surface area contributed by atoms with Crippen LogP contribution in [-0.2, 0) is 0 Å². The Labute approximate surface area is 192 Å². The summed E-state index contributed by atoms with van der Waals surface area (Å²) in [6, 6.07) is 16.9. The van der Waals surface area contributed by atoms with Gasteiger partial charge < -0.3 is 0 Å². The van der Waals surface area contributed by atoms with Crippen molar-refractivity contribution < 1.29 is 9.59 Å². The van der Waals surface area contributed by atoms with E-state index in [1.165, 1.54) is 12.2 Å². The number of ketones is 2. The molecule has 1 heterocycles. The van der Waals surface area contributed by atoms with Crippen LogP contribution in [0, 0.1) is 13.8 Å². The zero-order valence-corrected chi connectivity index (χ0v) is 19.7. The normalized spacial score (nSPS) is 11.3. The van der Waals surface area contributed by atoms with Gasteiger partial charge in [0.1, 0.15) is 0 Å². The number of aryl methyl sites for hydroxylation is 2. The van der Waals surface area contributed by atoms with Gasteiger partial charge in [-0.15, -0.1) is 0 Å². The number of pyridine rings is 1. The van der Waals surface area contributed by atoms with Gasteiger partial charge in [0.05, 0.1) is 0 Å². The molecule has 0 aliphatic carbocycles. The molecule has 0 aliphatic heterocycles. The largest absolute Gasteiger partial charge is 0.289 e. The first-order valence-corrected chi connectivity index (χ1v) is 10.9. The maximum Gasteiger partial charge on any atom is 0.187 e. The predicted octanol–water partition coefficient (Wildman–Crippen LogP) is 7.02. The Balaban J connectivity index is 1.83. The molecule has 5 heteroatoms. The molecule has 0 bridgehead atoms. The highest BCUT2D eigenvalue weighted by Gasteiger charge is 2.15. The van der Waals surface area contributed by atoms with Crippen LogP contribution < -0.4 is 0 Å². The zero-order valence-electron chi connectivity index (χ0n) is 16.5. The van der Waals surface area contributed by atoms with Crippen molar-refractivity contribution >= 4 is 55.6 Å². The molecule has 3 rings (SSSR count). The first-order chi connectivity index (χ1) is 14.3. The number of carbonyl (C=O) groups is 2. The highest BCUT2D eigenvalue weighted by atomic mass is 79.9. The van der Waals surface area contributed by atoms with E-state index >= 15 is 0 Å². The van der Waals surface area contributed by atoms with Crippen LogP contribution in [0.15, 0.2) is 75.7 Å². The summed E-state index contributed by atoms with van der Waals surface area (Å²) < 4.78 is 1.95. The Kier molecular flexibility index (Phi) is 7.29. The van der Waals surface area contributed by atoms with Crippen molar-refractivity contribution in [1.82, 2.24) is 4.98 Å². The Morgan fingerprint density at radius 2 is 1.07 bits per heavy atom. The lowest BCUT2D eigenvalue weighted by molar-refractivity contribution is 0.104. The number of hydrogen-bond donors (Lipinski definition) is 0. The van der Waals surface area contributed by atoms with Gasteiger partial charge in [-0.1, -0.05) is 68.3 Å². The van der Waals surface area contributed by atoms with E-state index in [1.807, 2.05) is 48.5 Å². The number of benzene rings is 2. The standard InChI is InChI=1S/C25H19Br2NO2/c1-16-22(24(29)13-7-18-3-9-20(26)10-4-18)15-23(17(2)28-16)25(30)14-8-19-5-11-21(27)12-6-19/h3-15H,1-2H3/b13-7+,14-8+. The van der Waals surface area contributed by atoms with Crippen molar-refractivity contribution in [2.75, 3.05) is 0 Å². The highest BCUT2D eigenvalue weighted by molar-refractivity contribution is 9.10. The summed E-state index contributed by atoms with van der Waals surface area (Å²) in [6.45, 7) is 3.55. The Morgan fingerprint density at radius 1 is 0.700 bits per heavy atom. The smallest absolute Gasteiger partial charge is 0.187 e. The Morgan fingerprint density at radius 3 is 1.43 bits per heavy atom. The molecule has 0 fully saturated rings. The molecule has 1 aromatic heterocycles. The fraction of sp³-hybridized carbons (Fsp3) is 0.0800. The number of allylic oxidation sites excluding steroid dienone is 2. The predicted molar refractivity (Wildman–Crippen MR) is 129 cm³/mol. The second-order valence-electron chi connectivity index (χ2n) is 6.75. The van der Waals surface area contributed by atoms with Crippen LogP contribution >= 0.6 is 31.9 Å². The van der Waals surface area contributed by atoms with Crippen LogP contribution in [0.1, 0.15) is 43.2 Å². The van der Waals surface area contributed by atoms with Crippen molar-refractivity contribution in [2.45, 2.75) is 13.8 Å². The molecule has 0 N–H and O–H groups in total. The summed E-state index contributed by atoms with van der Waals surface area (Å²) in [5.41, 5.74) is 3.89. The summed E-state index contributed by atoms with van der Waals surface area (Å²) in [6.07, 6.45) is 6.52. The van der Waals surface area contributed by atoms with Crippen molar-refractivity contribution in [3.05, 3.63) is 109 Å².